The number of halogens is 2. The fourth-order valence-corrected chi connectivity index (χ4v) is 6.85. The van der Waals surface area contributed by atoms with Gasteiger partial charge in [-0.05, 0) is 85.7 Å². The SMILES string of the molecule is C=CCCOc1ccc(C2CCC3CC(CCC4CCC(C)CC4)CCC3C2)c(F)c1F. The zero-order valence-corrected chi connectivity index (χ0v) is 20.0. The monoisotopic (exact) mass is 444 g/mol. The first-order valence-corrected chi connectivity index (χ1v) is 13.3. The van der Waals surface area contributed by atoms with E-state index in [1.54, 1.807) is 18.2 Å². The van der Waals surface area contributed by atoms with Gasteiger partial charge in [0.15, 0.2) is 11.6 Å². The lowest BCUT2D eigenvalue weighted by atomic mass is 9.63. The Morgan fingerprint density at radius 2 is 1.56 bits per heavy atom. The highest BCUT2D eigenvalue weighted by molar-refractivity contribution is 5.33. The lowest BCUT2D eigenvalue weighted by Crippen LogP contribution is -2.31. The van der Waals surface area contributed by atoms with Crippen LogP contribution in [0.5, 0.6) is 5.75 Å². The molecule has 1 nitrogen and oxygen atoms in total. The second kappa shape index (κ2) is 11.2. The Labute approximate surface area is 194 Å². The summed E-state index contributed by atoms with van der Waals surface area (Å²) < 4.78 is 34.8. The van der Waals surface area contributed by atoms with E-state index in [0.717, 1.165) is 36.5 Å². The molecule has 0 aromatic heterocycles. The fraction of sp³-hybridized carbons (Fsp3) is 0.724. The molecule has 3 aliphatic rings. The van der Waals surface area contributed by atoms with Gasteiger partial charge in [-0.25, -0.2) is 4.39 Å². The third kappa shape index (κ3) is 5.75. The van der Waals surface area contributed by atoms with E-state index in [1.165, 1.54) is 64.2 Å². The Hall–Kier alpha value is -1.38. The number of benzene rings is 1. The molecule has 3 saturated carbocycles. The highest BCUT2D eigenvalue weighted by Crippen LogP contribution is 2.49. The molecule has 3 heteroatoms. The molecular formula is C29H42F2O. The highest BCUT2D eigenvalue weighted by Gasteiger charge is 2.37. The van der Waals surface area contributed by atoms with E-state index in [2.05, 4.69) is 13.5 Å². The van der Waals surface area contributed by atoms with E-state index in [9.17, 15) is 8.78 Å². The van der Waals surface area contributed by atoms with Crippen LogP contribution in [0.15, 0.2) is 24.8 Å². The summed E-state index contributed by atoms with van der Waals surface area (Å²) in [4.78, 5) is 0. The van der Waals surface area contributed by atoms with Crippen molar-refractivity contribution in [3.63, 3.8) is 0 Å². The van der Waals surface area contributed by atoms with E-state index in [1.807, 2.05) is 0 Å². The summed E-state index contributed by atoms with van der Waals surface area (Å²) >= 11 is 0. The van der Waals surface area contributed by atoms with Crippen molar-refractivity contribution < 1.29 is 13.5 Å². The Balaban J connectivity index is 1.28. The first kappa shape index (κ1) is 23.8. The molecule has 4 atom stereocenters. The van der Waals surface area contributed by atoms with Crippen LogP contribution in [0.4, 0.5) is 8.78 Å². The second-order valence-electron chi connectivity index (χ2n) is 11.1. The average Bonchev–Trinajstić information content (AvgIpc) is 2.81. The summed E-state index contributed by atoms with van der Waals surface area (Å²) in [7, 11) is 0. The molecule has 0 amide bonds. The molecule has 4 unspecified atom stereocenters. The Morgan fingerprint density at radius 1 is 0.875 bits per heavy atom. The summed E-state index contributed by atoms with van der Waals surface area (Å²) in [6, 6.07) is 3.38. The molecule has 0 heterocycles. The summed E-state index contributed by atoms with van der Waals surface area (Å²) in [6.07, 6.45) is 18.1. The van der Waals surface area contributed by atoms with Gasteiger partial charge in [0.1, 0.15) is 0 Å². The third-order valence-corrected chi connectivity index (χ3v) is 8.94. The van der Waals surface area contributed by atoms with E-state index >= 15 is 0 Å². The number of ether oxygens (including phenoxy) is 1. The van der Waals surface area contributed by atoms with Crippen LogP contribution in [0, 0.1) is 41.2 Å². The van der Waals surface area contributed by atoms with Gasteiger partial charge < -0.3 is 4.74 Å². The van der Waals surface area contributed by atoms with E-state index in [-0.39, 0.29) is 11.7 Å². The lowest BCUT2D eigenvalue weighted by Gasteiger charge is -2.43. The Morgan fingerprint density at radius 3 is 2.34 bits per heavy atom. The molecule has 0 saturated heterocycles. The van der Waals surface area contributed by atoms with Crippen LogP contribution in [-0.4, -0.2) is 6.61 Å². The van der Waals surface area contributed by atoms with E-state index < -0.39 is 11.6 Å². The van der Waals surface area contributed by atoms with Crippen molar-refractivity contribution in [3.8, 4) is 5.75 Å². The zero-order chi connectivity index (χ0) is 22.5. The molecule has 0 spiro atoms. The summed E-state index contributed by atoms with van der Waals surface area (Å²) in [5, 5.41) is 0. The predicted molar refractivity (Wildman–Crippen MR) is 128 cm³/mol. The maximum absolute atomic E-state index is 14.9. The third-order valence-electron chi connectivity index (χ3n) is 8.94. The van der Waals surface area contributed by atoms with Gasteiger partial charge in [-0.15, -0.1) is 6.58 Å². The molecular weight excluding hydrogens is 402 g/mol. The van der Waals surface area contributed by atoms with Crippen molar-refractivity contribution in [2.45, 2.75) is 96.3 Å². The number of fused-ring (bicyclic) bond motifs is 1. The van der Waals surface area contributed by atoms with Crippen molar-refractivity contribution in [2.75, 3.05) is 6.61 Å². The van der Waals surface area contributed by atoms with Crippen LogP contribution in [0.25, 0.3) is 0 Å². The van der Waals surface area contributed by atoms with Gasteiger partial charge in [-0.1, -0.05) is 64.0 Å². The van der Waals surface area contributed by atoms with Crippen molar-refractivity contribution in [3.05, 3.63) is 42.0 Å². The van der Waals surface area contributed by atoms with Gasteiger partial charge in [-0.2, -0.15) is 4.39 Å². The van der Waals surface area contributed by atoms with Crippen molar-refractivity contribution >= 4 is 0 Å². The van der Waals surface area contributed by atoms with Gasteiger partial charge in [0.25, 0.3) is 0 Å². The number of hydrogen-bond donors (Lipinski definition) is 0. The first-order chi connectivity index (χ1) is 15.5. The van der Waals surface area contributed by atoms with Crippen LogP contribution in [0.3, 0.4) is 0 Å². The van der Waals surface area contributed by atoms with Crippen LogP contribution in [0.2, 0.25) is 0 Å². The molecule has 178 valence electrons. The van der Waals surface area contributed by atoms with Crippen molar-refractivity contribution in [2.24, 2.45) is 29.6 Å². The van der Waals surface area contributed by atoms with Crippen molar-refractivity contribution in [1.29, 1.82) is 0 Å². The fourth-order valence-electron chi connectivity index (χ4n) is 6.85. The molecule has 4 rings (SSSR count). The summed E-state index contributed by atoms with van der Waals surface area (Å²) in [5.41, 5.74) is 0.561. The van der Waals surface area contributed by atoms with Gasteiger partial charge in [0.2, 0.25) is 5.82 Å². The molecule has 32 heavy (non-hydrogen) atoms. The molecule has 0 radical (unpaired) electrons. The van der Waals surface area contributed by atoms with E-state index in [0.29, 0.717) is 24.5 Å². The van der Waals surface area contributed by atoms with Crippen molar-refractivity contribution in [1.82, 2.24) is 0 Å². The smallest absolute Gasteiger partial charge is 0.200 e. The molecule has 3 fully saturated rings. The van der Waals surface area contributed by atoms with Crippen LogP contribution in [0.1, 0.15) is 102 Å². The first-order valence-electron chi connectivity index (χ1n) is 13.3. The molecule has 0 N–H and O–H groups in total. The maximum atomic E-state index is 14.9. The van der Waals surface area contributed by atoms with Gasteiger partial charge in [0.05, 0.1) is 6.61 Å². The van der Waals surface area contributed by atoms with Crippen LogP contribution >= 0.6 is 0 Å². The van der Waals surface area contributed by atoms with Gasteiger partial charge >= 0.3 is 0 Å². The molecule has 1 aromatic rings. The minimum absolute atomic E-state index is 0.0229. The predicted octanol–water partition coefficient (Wildman–Crippen LogP) is 8.83. The molecule has 0 bridgehead atoms. The lowest BCUT2D eigenvalue weighted by molar-refractivity contribution is 0.108. The summed E-state index contributed by atoms with van der Waals surface area (Å²) in [5.74, 6) is 2.95. The quantitative estimate of drug-likeness (QED) is 0.287. The zero-order valence-electron chi connectivity index (χ0n) is 20.0. The minimum Gasteiger partial charge on any atom is -0.490 e. The molecule has 1 aromatic carbocycles. The highest BCUT2D eigenvalue weighted by atomic mass is 19.2. The summed E-state index contributed by atoms with van der Waals surface area (Å²) in [6.45, 7) is 6.36. The van der Waals surface area contributed by atoms with E-state index in [4.69, 9.17) is 4.74 Å². The van der Waals surface area contributed by atoms with Crippen LogP contribution in [-0.2, 0) is 0 Å². The van der Waals surface area contributed by atoms with Gasteiger partial charge in [0, 0.05) is 0 Å². The Bertz CT molecular complexity index is 752. The normalized spacial score (nSPS) is 32.8. The topological polar surface area (TPSA) is 9.23 Å². The maximum Gasteiger partial charge on any atom is 0.200 e. The second-order valence-corrected chi connectivity index (χ2v) is 11.1. The number of rotatable bonds is 8. The van der Waals surface area contributed by atoms with Crippen LogP contribution < -0.4 is 4.74 Å². The standard InChI is InChI=1S/C29H42F2O/c1-3-4-17-32-27-16-15-26(28(30)29(27)31)25-14-13-23-18-22(11-12-24(23)19-25)10-9-21-7-5-20(2)6-8-21/h3,15-16,20-25H,1,4-14,17-19H2,2H3. The average molecular weight is 445 g/mol. The Kier molecular flexibility index (Phi) is 8.29. The van der Waals surface area contributed by atoms with Gasteiger partial charge in [-0.3, -0.25) is 0 Å². The largest absolute Gasteiger partial charge is 0.490 e. The molecule has 3 aliphatic carbocycles. The minimum atomic E-state index is -0.825. The molecule has 0 aliphatic heterocycles. The number of hydrogen-bond acceptors (Lipinski definition) is 1.